The molecular weight excluding hydrogens is 1370 g/mol. The summed E-state index contributed by atoms with van der Waals surface area (Å²) in [4.78, 5) is 178. The number of carbonyl (C=O) groups is 13. The normalized spacial score (nSPS) is 14.7. The maximum Gasteiger partial charge on any atom is 0.326 e. The Morgan fingerprint density at radius 1 is 0.441 bits per heavy atom. The molecule has 0 bridgehead atoms. The lowest BCUT2D eigenvalue weighted by Crippen LogP contribution is -2.63. The van der Waals surface area contributed by atoms with Gasteiger partial charge >= 0.3 is 5.97 Å². The number of rotatable bonds is 49. The quantitative estimate of drug-likeness (QED) is 0.0127. The molecule has 570 valence electrons. The van der Waals surface area contributed by atoms with Crippen molar-refractivity contribution < 1.29 is 82.8 Å². The Labute approximate surface area is 600 Å². The zero-order chi connectivity index (χ0) is 76.8. The number of carbonyl (C=O) groups excluding carboxylic acids is 12. The van der Waals surface area contributed by atoms with Crippen LogP contribution in [0.2, 0.25) is 0 Å². The van der Waals surface area contributed by atoms with Gasteiger partial charge in [0.2, 0.25) is 70.9 Å². The number of thiol groups is 2. The molecule has 102 heavy (non-hydrogen) atoms. The van der Waals surface area contributed by atoms with E-state index in [4.69, 9.17) is 51.3 Å². The fraction of sp³-hybridized carbons (Fsp3) is 0.581. The van der Waals surface area contributed by atoms with Gasteiger partial charge in [0.25, 0.3) is 0 Å². The van der Waals surface area contributed by atoms with Gasteiger partial charge in [-0.1, -0.05) is 24.3 Å². The number of aromatic hydroxyl groups is 2. The van der Waals surface area contributed by atoms with Gasteiger partial charge in [-0.15, -0.1) is 0 Å². The van der Waals surface area contributed by atoms with E-state index >= 15 is 0 Å². The van der Waals surface area contributed by atoms with Crippen molar-refractivity contribution in [2.24, 2.45) is 45.9 Å². The topological polar surface area (TPSA) is 679 Å². The van der Waals surface area contributed by atoms with Crippen LogP contribution in [0, 0.1) is 5.41 Å². The van der Waals surface area contributed by atoms with Crippen LogP contribution in [0.3, 0.4) is 0 Å². The molecule has 0 saturated heterocycles. The summed E-state index contributed by atoms with van der Waals surface area (Å²) in [5.41, 5.74) is 47.1. The minimum Gasteiger partial charge on any atom is -0.508 e. The lowest BCUT2D eigenvalue weighted by Gasteiger charge is -2.32. The molecule has 2 aromatic rings. The van der Waals surface area contributed by atoms with Crippen LogP contribution in [0.15, 0.2) is 48.5 Å². The van der Waals surface area contributed by atoms with E-state index in [0.29, 0.717) is 17.5 Å². The average Bonchev–Trinajstić information content (AvgIpc) is 0.824. The first-order chi connectivity index (χ1) is 48.2. The Morgan fingerprint density at radius 2 is 0.784 bits per heavy atom. The van der Waals surface area contributed by atoms with Crippen LogP contribution in [0.5, 0.6) is 11.5 Å². The van der Waals surface area contributed by atoms with Crippen molar-refractivity contribution in [1.29, 1.82) is 5.41 Å². The number of hydrogen-bond donors (Lipinski definition) is 27. The number of hydrogen-bond acceptors (Lipinski definition) is 25. The molecule has 33 N–H and O–H groups in total. The summed E-state index contributed by atoms with van der Waals surface area (Å²) in [6.07, 6.45) is -1.48. The summed E-state index contributed by atoms with van der Waals surface area (Å²) in [7, 11) is 0. The van der Waals surface area contributed by atoms with Crippen LogP contribution in [0.1, 0.15) is 95.6 Å². The van der Waals surface area contributed by atoms with Gasteiger partial charge in [0.1, 0.15) is 78.0 Å². The first-order valence-electron chi connectivity index (χ1n) is 32.9. The number of aliphatic carboxylic acids is 1. The number of guanidine groups is 1. The molecule has 0 aromatic heterocycles. The number of primary amides is 1. The van der Waals surface area contributed by atoms with Crippen molar-refractivity contribution in [3.05, 3.63) is 59.7 Å². The maximum atomic E-state index is 14.2. The van der Waals surface area contributed by atoms with Gasteiger partial charge < -0.3 is 130 Å². The van der Waals surface area contributed by atoms with E-state index in [-0.39, 0.29) is 127 Å². The average molecular weight is 1480 g/mol. The number of amides is 12. The predicted molar refractivity (Wildman–Crippen MR) is 380 cm³/mol. The van der Waals surface area contributed by atoms with Crippen LogP contribution in [-0.4, -0.2) is 232 Å². The van der Waals surface area contributed by atoms with Crippen LogP contribution in [-0.2, 0) is 75.2 Å². The molecule has 0 aliphatic rings. The summed E-state index contributed by atoms with van der Waals surface area (Å²) >= 11 is 8.72. The second-order valence-corrected chi connectivity index (χ2v) is 25.9. The molecule has 0 aliphatic heterocycles. The molecule has 0 saturated carbocycles. The van der Waals surface area contributed by atoms with Gasteiger partial charge in [-0.3, -0.25) is 62.9 Å². The molecule has 0 unspecified atom stereocenters. The van der Waals surface area contributed by atoms with E-state index in [9.17, 15) is 82.8 Å². The first kappa shape index (κ1) is 88.9. The van der Waals surface area contributed by atoms with Gasteiger partial charge in [-0.25, -0.2) is 4.79 Å². The highest BCUT2D eigenvalue weighted by atomic mass is 32.1. The van der Waals surface area contributed by atoms with Crippen molar-refractivity contribution in [1.82, 2.24) is 63.8 Å². The third kappa shape index (κ3) is 32.7. The fourth-order valence-corrected chi connectivity index (χ4v) is 10.3. The molecule has 38 nitrogen and oxygen atoms in total. The maximum absolute atomic E-state index is 14.2. The number of nitrogens with two attached hydrogens (primary N) is 8. The molecule has 0 heterocycles. The van der Waals surface area contributed by atoms with E-state index in [1.165, 1.54) is 62.4 Å². The molecule has 0 radical (unpaired) electrons. The van der Waals surface area contributed by atoms with Crippen LogP contribution < -0.4 is 110 Å². The Morgan fingerprint density at radius 3 is 1.16 bits per heavy atom. The van der Waals surface area contributed by atoms with Crippen molar-refractivity contribution in [2.45, 2.75) is 175 Å². The number of aliphatic hydroxyl groups excluding tert-OH is 1. The van der Waals surface area contributed by atoms with Crippen LogP contribution in [0.4, 0.5) is 0 Å². The molecule has 0 aliphatic carbocycles. The number of benzene rings is 2. The number of carboxylic acid groups (broad SMARTS) is 1. The summed E-state index contributed by atoms with van der Waals surface area (Å²) in [6.45, 7) is 1.32. The minimum atomic E-state index is -1.86. The fourth-order valence-electron chi connectivity index (χ4n) is 9.82. The number of aliphatic hydroxyl groups is 1. The molecule has 40 heteroatoms. The van der Waals surface area contributed by atoms with Gasteiger partial charge in [-0.05, 0) is 153 Å². The second-order valence-electron chi connectivity index (χ2n) is 24.4. The number of unbranched alkanes of at least 4 members (excludes halogenated alkanes) is 1. The summed E-state index contributed by atoms with van der Waals surface area (Å²) in [5, 5.41) is 76.7. The van der Waals surface area contributed by atoms with Crippen molar-refractivity contribution in [2.75, 3.05) is 51.6 Å². The molecule has 2 rings (SSSR count). The van der Waals surface area contributed by atoms with E-state index in [1.54, 1.807) is 0 Å². The number of phenols is 2. The number of carboxylic acids is 1. The minimum absolute atomic E-state index is 0.00929. The Balaban J connectivity index is 2.33. The van der Waals surface area contributed by atoms with E-state index in [1.807, 2.05) is 0 Å². The zero-order valence-corrected chi connectivity index (χ0v) is 58.8. The Kier molecular flexibility index (Phi) is 40.4. The van der Waals surface area contributed by atoms with Gasteiger partial charge in [-0.2, -0.15) is 25.3 Å². The lowest BCUT2D eigenvalue weighted by molar-refractivity contribution is -0.142. The SMILES string of the molecule is CC(C)(S)[C@H](NC(=O)[C@@H](N)Cc1ccc(O)cc1)C(=O)N[C@@H](CC(N)=O)C(=O)N[C@@H](CCCNC(=N)N)C(=O)N[C@@H](CCN)C(=O)N[C@@H](CO)C(=O)N[C@H](CCN)C(=O)N[C@@H](CCCCN)C(=O)N[C@@H](CS)C(=O)N[C@@H](CCN)C(=O)N[C@@H](CCCN)C(=O)N[C@@H](Cc1ccc(O)cc1)C(=O)O. The molecule has 0 spiro atoms. The van der Waals surface area contributed by atoms with Crippen molar-refractivity contribution in [3.8, 4) is 11.5 Å². The summed E-state index contributed by atoms with van der Waals surface area (Å²) in [5.74, 6) is -14.4. The van der Waals surface area contributed by atoms with Crippen LogP contribution >= 0.6 is 25.3 Å². The first-order valence-corrected chi connectivity index (χ1v) is 33.9. The van der Waals surface area contributed by atoms with Gasteiger partial charge in [0, 0.05) is 23.5 Å². The predicted octanol–water partition coefficient (Wildman–Crippen LogP) is -8.69. The van der Waals surface area contributed by atoms with E-state index in [0.717, 1.165) is 0 Å². The molecule has 12 atom stereocenters. The summed E-state index contributed by atoms with van der Waals surface area (Å²) in [6, 6.07) is -6.91. The molecular formula is C62H103N21O17S2. The third-order valence-corrected chi connectivity index (χ3v) is 16.1. The zero-order valence-electron chi connectivity index (χ0n) is 57.0. The van der Waals surface area contributed by atoms with E-state index < -0.39 is 173 Å². The highest BCUT2D eigenvalue weighted by Gasteiger charge is 2.40. The largest absolute Gasteiger partial charge is 0.508 e. The van der Waals surface area contributed by atoms with Gasteiger partial charge in [0.05, 0.1) is 19.1 Å². The Hall–Kier alpha value is -9.16. The molecule has 12 amide bonds. The molecule has 2 aromatic carbocycles. The van der Waals surface area contributed by atoms with E-state index in [2.05, 4.69) is 89.1 Å². The number of nitrogens with one attached hydrogen (secondary N) is 13. The van der Waals surface area contributed by atoms with Crippen molar-refractivity contribution in [3.63, 3.8) is 0 Å². The highest BCUT2D eigenvalue weighted by molar-refractivity contribution is 7.81. The van der Waals surface area contributed by atoms with Gasteiger partial charge in [0.15, 0.2) is 5.96 Å². The monoisotopic (exact) mass is 1480 g/mol. The lowest BCUT2D eigenvalue weighted by atomic mass is 9.99. The smallest absolute Gasteiger partial charge is 0.326 e. The molecule has 0 fully saturated rings. The summed E-state index contributed by atoms with van der Waals surface area (Å²) < 4.78 is -1.35. The van der Waals surface area contributed by atoms with Crippen LogP contribution in [0.25, 0.3) is 0 Å². The Bertz CT molecular complexity index is 3120. The van der Waals surface area contributed by atoms with Crippen molar-refractivity contribution >= 4 is 108 Å². The third-order valence-electron chi connectivity index (χ3n) is 15.4. The second kappa shape index (κ2) is 46.4. The standard InChI is InChI=1S/C62H103N21O17S2/c1-62(2,102)48(83-49(88)36(68)27-32-10-14-34(85)15-11-32)59(98)79-43(29-47(69)87)56(95)75-39(9-6-26-72-61(70)71)50(89)76-42(20-25-67)55(94)81-45(30-84)57(96)77-40(18-23-65)53(92)73-37(7-3-4-21-63)52(91)82-46(31-101)58(97)78-41(19-24-66)54(93)74-38(8-5-22-64)51(90)80-44(60(99)100)28-33-12-16-35(86)17-13-33/h10-17,36-46,48,84-86,101-102H,3-9,18-31,63-68H2,1-2H3,(H2,69,87)(H,73,92)(H,74,93)(H,75,95)(H,76,89)(H,77,96)(H,78,97)(H,79,98)(H,80,90)(H,81,94)(H,82,91)(H,83,88)(H,99,100)(H4,70,71,72)/t36-,37-,38-,39-,40+,41-,42-,43-,44-,45-,46-,48+/m0/s1. The highest BCUT2D eigenvalue weighted by Crippen LogP contribution is 2.20. The number of phenolic OH excluding ortho intramolecular Hbond substituents is 2.